The fourth-order valence-electron chi connectivity index (χ4n) is 4.16. The van der Waals surface area contributed by atoms with Crippen molar-refractivity contribution in [2.75, 3.05) is 13.6 Å². The molecule has 2 aromatic heterocycles. The van der Waals surface area contributed by atoms with Crippen LogP contribution in [0.3, 0.4) is 0 Å². The second kappa shape index (κ2) is 7.50. The van der Waals surface area contributed by atoms with Crippen molar-refractivity contribution in [3.05, 3.63) is 22.6 Å². The Morgan fingerprint density at radius 3 is 2.50 bits per heavy atom. The van der Waals surface area contributed by atoms with Gasteiger partial charge in [0.25, 0.3) is 5.91 Å². The van der Waals surface area contributed by atoms with Crippen molar-refractivity contribution < 1.29 is 32.2 Å². The number of nitrogens with zero attached hydrogens (tertiary/aromatic N) is 2. The van der Waals surface area contributed by atoms with Crippen LogP contribution in [0, 0.1) is 0 Å². The predicted octanol–water partition coefficient (Wildman–Crippen LogP) is 4.60. The summed E-state index contributed by atoms with van der Waals surface area (Å²) in [6, 6.07) is 0.879. The quantitative estimate of drug-likeness (QED) is 0.708. The summed E-state index contributed by atoms with van der Waals surface area (Å²) in [5, 5.41) is 3.78. The highest BCUT2D eigenvalue weighted by molar-refractivity contribution is 7.17. The maximum absolute atomic E-state index is 13.7. The number of aromatic nitrogens is 1. The number of likely N-dealkylation sites (tertiary alicyclic amines) is 1. The van der Waals surface area contributed by atoms with Gasteiger partial charge in [-0.05, 0) is 27.2 Å². The normalized spacial score (nSPS) is 23.0. The Labute approximate surface area is 186 Å². The predicted molar refractivity (Wildman–Crippen MR) is 112 cm³/mol. The molecule has 1 aliphatic heterocycles. The highest BCUT2D eigenvalue weighted by Crippen LogP contribution is 2.49. The van der Waals surface area contributed by atoms with Crippen LogP contribution in [0.25, 0.3) is 10.2 Å². The maximum Gasteiger partial charge on any atom is 0.418 e. The molecule has 4 rings (SSSR count). The van der Waals surface area contributed by atoms with Crippen LogP contribution >= 0.6 is 11.3 Å². The molecule has 1 saturated carbocycles. The summed E-state index contributed by atoms with van der Waals surface area (Å²) >= 11 is 0.822. The number of thiophene rings is 1. The molecule has 0 radical (unpaired) electrons. The van der Waals surface area contributed by atoms with Crippen LogP contribution in [0.4, 0.5) is 18.0 Å². The lowest BCUT2D eigenvalue weighted by molar-refractivity contribution is -0.137. The monoisotopic (exact) mass is 471 g/mol. The number of amides is 2. The van der Waals surface area contributed by atoms with E-state index in [1.807, 2.05) is 0 Å². The fourth-order valence-corrected chi connectivity index (χ4v) is 5.18. The molecule has 7 nitrogen and oxygen atoms in total. The van der Waals surface area contributed by atoms with E-state index in [0.717, 1.165) is 23.8 Å². The minimum absolute atomic E-state index is 0.0350. The number of halogens is 3. The molecule has 2 aliphatic rings. The van der Waals surface area contributed by atoms with Crippen molar-refractivity contribution in [2.45, 2.75) is 63.5 Å². The molecule has 2 fully saturated rings. The number of hydrogen-bond acceptors (Lipinski definition) is 6. The summed E-state index contributed by atoms with van der Waals surface area (Å²) in [5.41, 5.74) is -1.83. The fraction of sp³-hybridized carbons (Fsp3) is 0.571. The van der Waals surface area contributed by atoms with Crippen LogP contribution in [-0.4, -0.2) is 52.7 Å². The highest BCUT2D eigenvalue weighted by atomic mass is 32.1. The molecule has 11 heteroatoms. The number of alkyl halides is 3. The molecule has 0 atom stereocenters. The van der Waals surface area contributed by atoms with E-state index in [1.54, 1.807) is 25.7 Å². The summed E-state index contributed by atoms with van der Waals surface area (Å²) in [6.45, 7) is 5.96. The lowest BCUT2D eigenvalue weighted by Crippen LogP contribution is -2.70. The first-order chi connectivity index (χ1) is 14.8. The topological polar surface area (TPSA) is 80.8 Å². The van der Waals surface area contributed by atoms with Gasteiger partial charge in [-0.2, -0.15) is 13.2 Å². The van der Waals surface area contributed by atoms with Gasteiger partial charge >= 0.3 is 12.3 Å². The van der Waals surface area contributed by atoms with Crippen LogP contribution in [0.15, 0.2) is 11.4 Å². The van der Waals surface area contributed by atoms with Gasteiger partial charge in [0, 0.05) is 37.9 Å². The van der Waals surface area contributed by atoms with Gasteiger partial charge in [-0.1, -0.05) is 0 Å². The molecule has 1 aliphatic carbocycles. The molecule has 2 aromatic rings. The van der Waals surface area contributed by atoms with Gasteiger partial charge in [0.1, 0.15) is 11.7 Å². The van der Waals surface area contributed by atoms with E-state index in [1.165, 1.54) is 12.4 Å². The number of pyridine rings is 1. The Balaban J connectivity index is 1.53. The lowest BCUT2D eigenvalue weighted by Gasteiger charge is -2.60. The summed E-state index contributed by atoms with van der Waals surface area (Å²) in [6.07, 6.45) is -3.63. The van der Waals surface area contributed by atoms with Crippen LogP contribution in [-0.2, 0) is 10.9 Å². The zero-order valence-electron chi connectivity index (χ0n) is 18.1. The van der Waals surface area contributed by atoms with Crippen LogP contribution in [0.2, 0.25) is 0 Å². The number of nitrogens with one attached hydrogen (secondary N) is 1. The van der Waals surface area contributed by atoms with Gasteiger partial charge in [-0.3, -0.25) is 4.79 Å². The largest absolute Gasteiger partial charge is 0.474 e. The van der Waals surface area contributed by atoms with E-state index in [4.69, 9.17) is 9.47 Å². The number of hydrogen-bond donors (Lipinski definition) is 1. The first-order valence-electron chi connectivity index (χ1n) is 10.2. The summed E-state index contributed by atoms with van der Waals surface area (Å²) in [4.78, 5) is 30.4. The van der Waals surface area contributed by atoms with Crippen molar-refractivity contribution in [1.29, 1.82) is 0 Å². The standard InChI is InChI=1S/C21H24F3N3O4S/c1-19(2,3)31-18(29)27-6-5-20(27)8-11(9-20)30-14-7-13(21(22,23)24)16-15(26-14)12(10-32-16)17(28)25-4/h7,10-11H,5-6,8-9H2,1-4H3,(H,25,28). The number of fused-ring (bicyclic) bond motifs is 1. The van der Waals surface area contributed by atoms with Crippen molar-refractivity contribution >= 4 is 33.6 Å². The van der Waals surface area contributed by atoms with Crippen LogP contribution < -0.4 is 10.1 Å². The van der Waals surface area contributed by atoms with Crippen molar-refractivity contribution in [3.63, 3.8) is 0 Å². The van der Waals surface area contributed by atoms with Gasteiger partial charge in [0.2, 0.25) is 5.88 Å². The Morgan fingerprint density at radius 1 is 1.28 bits per heavy atom. The highest BCUT2D eigenvalue weighted by Gasteiger charge is 2.58. The smallest absolute Gasteiger partial charge is 0.418 e. The molecule has 1 N–H and O–H groups in total. The molecule has 2 amide bonds. The van der Waals surface area contributed by atoms with E-state index < -0.39 is 29.3 Å². The first kappa shape index (κ1) is 22.6. The third kappa shape index (κ3) is 3.98. The molecule has 1 saturated heterocycles. The molecule has 0 unspecified atom stereocenters. The maximum atomic E-state index is 13.7. The van der Waals surface area contributed by atoms with Gasteiger partial charge < -0.3 is 19.7 Å². The van der Waals surface area contributed by atoms with E-state index in [-0.39, 0.29) is 33.3 Å². The average Bonchev–Trinajstić information content (AvgIpc) is 3.03. The van der Waals surface area contributed by atoms with Crippen molar-refractivity contribution in [3.8, 4) is 5.88 Å². The summed E-state index contributed by atoms with van der Waals surface area (Å²) in [5.74, 6) is -0.699. The second-order valence-corrected chi connectivity index (χ2v) is 10.0. The number of carbonyl (C=O) groups excluding carboxylic acids is 2. The van der Waals surface area contributed by atoms with Gasteiger partial charge in [-0.15, -0.1) is 11.3 Å². The Hall–Kier alpha value is -2.56. The van der Waals surface area contributed by atoms with Crippen molar-refractivity contribution in [1.82, 2.24) is 15.2 Å². The number of ether oxygens (including phenoxy) is 2. The van der Waals surface area contributed by atoms with Crippen LogP contribution in [0.5, 0.6) is 5.88 Å². The van der Waals surface area contributed by atoms with E-state index >= 15 is 0 Å². The average molecular weight is 472 g/mol. The third-order valence-corrected chi connectivity index (χ3v) is 6.77. The zero-order chi connectivity index (χ0) is 23.5. The number of carbonyl (C=O) groups is 2. The first-order valence-corrected chi connectivity index (χ1v) is 11.1. The number of rotatable bonds is 3. The molecule has 1 spiro atoms. The molecule has 0 aromatic carbocycles. The van der Waals surface area contributed by atoms with E-state index in [9.17, 15) is 22.8 Å². The zero-order valence-corrected chi connectivity index (χ0v) is 18.9. The van der Waals surface area contributed by atoms with Crippen molar-refractivity contribution in [2.24, 2.45) is 0 Å². The summed E-state index contributed by atoms with van der Waals surface area (Å²) < 4.78 is 52.1. The molecule has 32 heavy (non-hydrogen) atoms. The van der Waals surface area contributed by atoms with Crippen LogP contribution in [0.1, 0.15) is 56.0 Å². The minimum atomic E-state index is -4.62. The Bertz CT molecular complexity index is 1070. The molecular weight excluding hydrogens is 447 g/mol. The Morgan fingerprint density at radius 2 is 1.97 bits per heavy atom. The van der Waals surface area contributed by atoms with E-state index in [2.05, 4.69) is 10.3 Å². The Kier molecular flexibility index (Phi) is 5.30. The van der Waals surface area contributed by atoms with Gasteiger partial charge in [0.05, 0.1) is 26.9 Å². The third-order valence-electron chi connectivity index (χ3n) is 5.77. The lowest BCUT2D eigenvalue weighted by atomic mass is 9.66. The minimum Gasteiger partial charge on any atom is -0.474 e. The SMILES string of the molecule is CNC(=O)c1csc2c(C(F)(F)F)cc(OC3CC4(CCN4C(=O)OC(C)(C)C)C3)nc12. The molecule has 0 bridgehead atoms. The molecule has 174 valence electrons. The van der Waals surface area contributed by atoms with Gasteiger partial charge in [0.15, 0.2) is 0 Å². The second-order valence-electron chi connectivity index (χ2n) is 9.17. The van der Waals surface area contributed by atoms with E-state index in [0.29, 0.717) is 19.4 Å². The molecule has 3 heterocycles. The molecular formula is C21H24F3N3O4S. The summed E-state index contributed by atoms with van der Waals surface area (Å²) in [7, 11) is 1.40. The van der Waals surface area contributed by atoms with Gasteiger partial charge in [-0.25, -0.2) is 9.78 Å².